The molecule has 0 spiro atoms. The highest BCUT2D eigenvalue weighted by Crippen LogP contribution is 2.42. The molecule has 0 aromatic heterocycles. The van der Waals surface area contributed by atoms with Gasteiger partial charge in [-0.05, 0) is 29.8 Å². The minimum atomic E-state index is -1.66. The third-order valence-electron chi connectivity index (χ3n) is 5.57. The van der Waals surface area contributed by atoms with E-state index in [4.69, 9.17) is 28.4 Å². The van der Waals surface area contributed by atoms with E-state index in [1.807, 2.05) is 0 Å². The van der Waals surface area contributed by atoms with Crippen molar-refractivity contribution in [2.45, 2.75) is 30.7 Å². The second-order valence-electron chi connectivity index (χ2n) is 7.64. The van der Waals surface area contributed by atoms with Gasteiger partial charge >= 0.3 is 0 Å². The van der Waals surface area contributed by atoms with Crippen LogP contribution in [0.25, 0.3) is 12.2 Å². The van der Waals surface area contributed by atoms with Gasteiger partial charge in [0.15, 0.2) is 23.0 Å². The zero-order valence-corrected chi connectivity index (χ0v) is 19.7. The van der Waals surface area contributed by atoms with Crippen LogP contribution in [-0.4, -0.2) is 91.3 Å². The maximum Gasteiger partial charge on any atom is 0.229 e. The van der Waals surface area contributed by atoms with Crippen LogP contribution < -0.4 is 23.7 Å². The molecule has 0 bridgehead atoms. The number of phenolic OH excluding ortho intramolecular Hbond substituents is 1. The first kappa shape index (κ1) is 26.4. The van der Waals surface area contributed by atoms with E-state index in [1.54, 1.807) is 30.4 Å². The van der Waals surface area contributed by atoms with Crippen LogP contribution in [0.1, 0.15) is 11.1 Å². The molecule has 1 aliphatic rings. The molecule has 1 saturated heterocycles. The molecule has 5 atom stereocenters. The highest BCUT2D eigenvalue weighted by Gasteiger charge is 2.45. The van der Waals surface area contributed by atoms with E-state index in [0.29, 0.717) is 28.4 Å². The Labute approximate surface area is 202 Å². The summed E-state index contributed by atoms with van der Waals surface area (Å²) in [6, 6.07) is 6.56. The summed E-state index contributed by atoms with van der Waals surface area (Å²) in [4.78, 5) is 0. The van der Waals surface area contributed by atoms with Crippen molar-refractivity contribution in [2.75, 3.05) is 35.0 Å². The second-order valence-corrected chi connectivity index (χ2v) is 7.64. The molecule has 3 rings (SSSR count). The van der Waals surface area contributed by atoms with Crippen LogP contribution in [0.2, 0.25) is 0 Å². The van der Waals surface area contributed by atoms with Crippen LogP contribution in [0.5, 0.6) is 34.5 Å². The second kappa shape index (κ2) is 11.5. The van der Waals surface area contributed by atoms with Crippen molar-refractivity contribution in [3.8, 4) is 34.5 Å². The first-order valence-electron chi connectivity index (χ1n) is 10.6. The molecule has 35 heavy (non-hydrogen) atoms. The van der Waals surface area contributed by atoms with E-state index >= 15 is 0 Å². The van der Waals surface area contributed by atoms with Crippen molar-refractivity contribution < 1.29 is 54.0 Å². The van der Waals surface area contributed by atoms with E-state index in [9.17, 15) is 25.5 Å². The smallest absolute Gasteiger partial charge is 0.229 e. The first-order chi connectivity index (χ1) is 16.8. The summed E-state index contributed by atoms with van der Waals surface area (Å²) in [5.41, 5.74) is 1.04. The Kier molecular flexibility index (Phi) is 8.65. The topological polar surface area (TPSA) is 157 Å². The Bertz CT molecular complexity index is 1010. The SMILES string of the molecule is COc1ccc(C=Cc2cc(OC)c(OC)c(OC)c2)c(OC2OC(CO)C(O)C(O)C2O)c1O. The van der Waals surface area contributed by atoms with Crippen LogP contribution in [0, 0.1) is 0 Å². The summed E-state index contributed by atoms with van der Waals surface area (Å²) in [6.07, 6.45) is -4.21. The number of aromatic hydroxyl groups is 1. The number of rotatable bonds is 9. The maximum atomic E-state index is 10.7. The van der Waals surface area contributed by atoms with Gasteiger partial charge < -0.3 is 54.0 Å². The standard InChI is InChI=1S/C24H30O11/c1-30-14-8-7-13(6-5-12-9-15(31-2)23(33-4)16(10-12)32-3)22(19(14)27)35-24-21(29)20(28)18(26)17(11-25)34-24/h5-10,17-18,20-21,24-29H,11H2,1-4H3. The van der Waals surface area contributed by atoms with Crippen LogP contribution in [0.4, 0.5) is 0 Å². The fourth-order valence-corrected chi connectivity index (χ4v) is 3.65. The number of hydrogen-bond donors (Lipinski definition) is 5. The monoisotopic (exact) mass is 494 g/mol. The Balaban J connectivity index is 1.99. The highest BCUT2D eigenvalue weighted by molar-refractivity contribution is 5.77. The first-order valence-corrected chi connectivity index (χ1v) is 10.6. The molecule has 0 saturated carbocycles. The van der Waals surface area contributed by atoms with Crippen molar-refractivity contribution in [2.24, 2.45) is 0 Å². The van der Waals surface area contributed by atoms with Crippen LogP contribution in [0.3, 0.4) is 0 Å². The molecule has 5 unspecified atom stereocenters. The van der Waals surface area contributed by atoms with Crippen LogP contribution in [0.15, 0.2) is 24.3 Å². The average Bonchev–Trinajstić information content (AvgIpc) is 2.88. The normalized spacial score (nSPS) is 24.3. The van der Waals surface area contributed by atoms with Crippen molar-refractivity contribution in [3.05, 3.63) is 35.4 Å². The summed E-state index contributed by atoms with van der Waals surface area (Å²) < 4.78 is 32.4. The van der Waals surface area contributed by atoms with Gasteiger partial charge in [0.25, 0.3) is 0 Å². The van der Waals surface area contributed by atoms with Crippen molar-refractivity contribution in [1.29, 1.82) is 0 Å². The van der Waals surface area contributed by atoms with Gasteiger partial charge in [0.2, 0.25) is 17.8 Å². The summed E-state index contributed by atoms with van der Waals surface area (Å²) in [5.74, 6) is 0.924. The fourth-order valence-electron chi connectivity index (χ4n) is 3.65. The Morgan fingerprint density at radius 1 is 0.800 bits per heavy atom. The molecule has 1 fully saturated rings. The number of aliphatic hydroxyl groups is 4. The van der Waals surface area contributed by atoms with Gasteiger partial charge in [0.05, 0.1) is 35.0 Å². The lowest BCUT2D eigenvalue weighted by molar-refractivity contribution is -0.277. The van der Waals surface area contributed by atoms with Gasteiger partial charge in [-0.2, -0.15) is 0 Å². The summed E-state index contributed by atoms with van der Waals surface area (Å²) in [6.45, 7) is -0.622. The summed E-state index contributed by atoms with van der Waals surface area (Å²) in [7, 11) is 5.86. The minimum absolute atomic E-state index is 0.0922. The number of ether oxygens (including phenoxy) is 6. The quantitative estimate of drug-likeness (QED) is 0.314. The number of aliphatic hydroxyl groups excluding tert-OH is 4. The van der Waals surface area contributed by atoms with Crippen molar-refractivity contribution in [1.82, 2.24) is 0 Å². The molecule has 5 N–H and O–H groups in total. The van der Waals surface area contributed by atoms with Gasteiger partial charge in [-0.3, -0.25) is 0 Å². The largest absolute Gasteiger partial charge is 0.502 e. The van der Waals surface area contributed by atoms with Gasteiger partial charge in [-0.1, -0.05) is 12.2 Å². The molecule has 11 nitrogen and oxygen atoms in total. The fraction of sp³-hybridized carbons (Fsp3) is 0.417. The van der Waals surface area contributed by atoms with Crippen molar-refractivity contribution >= 4 is 12.2 Å². The Hall–Kier alpha value is -3.22. The van der Waals surface area contributed by atoms with Crippen molar-refractivity contribution in [3.63, 3.8) is 0 Å². The van der Waals surface area contributed by atoms with E-state index in [1.165, 1.54) is 34.5 Å². The number of methoxy groups -OCH3 is 4. The van der Waals surface area contributed by atoms with Gasteiger partial charge in [0.1, 0.15) is 24.4 Å². The molecule has 0 radical (unpaired) electrons. The molecule has 1 aliphatic heterocycles. The van der Waals surface area contributed by atoms with Gasteiger partial charge in [-0.15, -0.1) is 0 Å². The van der Waals surface area contributed by atoms with E-state index in [0.717, 1.165) is 0 Å². The Morgan fingerprint density at radius 2 is 1.43 bits per heavy atom. The maximum absolute atomic E-state index is 10.7. The number of hydrogen-bond acceptors (Lipinski definition) is 11. The zero-order valence-electron chi connectivity index (χ0n) is 19.7. The molecule has 11 heteroatoms. The molecule has 192 valence electrons. The Morgan fingerprint density at radius 3 is 1.97 bits per heavy atom. The van der Waals surface area contributed by atoms with Gasteiger partial charge in [-0.25, -0.2) is 0 Å². The summed E-state index contributed by atoms with van der Waals surface area (Å²) >= 11 is 0. The molecule has 0 amide bonds. The van der Waals surface area contributed by atoms with Crippen LogP contribution >= 0.6 is 0 Å². The lowest BCUT2D eigenvalue weighted by Crippen LogP contribution is -2.60. The molecule has 2 aromatic carbocycles. The third-order valence-corrected chi connectivity index (χ3v) is 5.57. The minimum Gasteiger partial charge on any atom is -0.502 e. The van der Waals surface area contributed by atoms with E-state index in [2.05, 4.69) is 0 Å². The molecular weight excluding hydrogens is 464 g/mol. The lowest BCUT2D eigenvalue weighted by Gasteiger charge is -2.39. The third kappa shape index (κ3) is 5.39. The van der Waals surface area contributed by atoms with E-state index < -0.39 is 37.3 Å². The molecular formula is C24H30O11. The molecule has 2 aromatic rings. The zero-order chi connectivity index (χ0) is 25.7. The predicted molar refractivity (Wildman–Crippen MR) is 124 cm³/mol. The predicted octanol–water partition coefficient (Wildman–Crippen LogP) is 0.776. The highest BCUT2D eigenvalue weighted by atomic mass is 16.7. The van der Waals surface area contributed by atoms with E-state index in [-0.39, 0.29) is 17.2 Å². The average molecular weight is 494 g/mol. The number of phenols is 1. The molecule has 0 aliphatic carbocycles. The summed E-state index contributed by atoms with van der Waals surface area (Å²) in [5, 5.41) is 50.6. The lowest BCUT2D eigenvalue weighted by atomic mass is 9.99. The van der Waals surface area contributed by atoms with Gasteiger partial charge in [0, 0.05) is 5.56 Å². The molecule has 1 heterocycles. The number of benzene rings is 2. The van der Waals surface area contributed by atoms with Crippen LogP contribution in [-0.2, 0) is 4.74 Å².